The second-order valence-electron chi connectivity index (χ2n) is 9.03. The minimum Gasteiger partial charge on any atom is -0.507 e. The Kier molecular flexibility index (Phi) is 5.46. The molecule has 1 saturated heterocycles. The third kappa shape index (κ3) is 3.47. The van der Waals surface area contributed by atoms with E-state index in [9.17, 15) is 14.7 Å². The van der Waals surface area contributed by atoms with E-state index < -0.39 is 17.7 Å². The van der Waals surface area contributed by atoms with Gasteiger partial charge in [0.2, 0.25) is 0 Å². The first-order valence-electron chi connectivity index (χ1n) is 11.3. The van der Waals surface area contributed by atoms with Crippen molar-refractivity contribution < 1.29 is 14.7 Å². The summed E-state index contributed by atoms with van der Waals surface area (Å²) in [6.07, 6.45) is 1.96. The van der Waals surface area contributed by atoms with Crippen molar-refractivity contribution in [3.63, 3.8) is 0 Å². The van der Waals surface area contributed by atoms with Crippen molar-refractivity contribution in [3.8, 4) is 0 Å². The van der Waals surface area contributed by atoms with E-state index in [0.717, 1.165) is 27.2 Å². The number of carbonyl (C=O) groups is 2. The molecule has 0 bridgehead atoms. The first kappa shape index (κ1) is 21.9. The number of carbonyl (C=O) groups excluding carboxylic acids is 2. The van der Waals surface area contributed by atoms with Crippen LogP contribution in [-0.4, -0.2) is 58.3 Å². The van der Waals surface area contributed by atoms with Crippen LogP contribution in [0.1, 0.15) is 17.2 Å². The number of amides is 1. The number of para-hydroxylation sites is 1. The molecule has 0 spiro atoms. The van der Waals surface area contributed by atoms with Crippen LogP contribution >= 0.6 is 0 Å². The lowest BCUT2D eigenvalue weighted by molar-refractivity contribution is -0.140. The van der Waals surface area contributed by atoms with Crippen molar-refractivity contribution in [1.82, 2.24) is 14.4 Å². The molecule has 1 N–H and O–H groups in total. The maximum absolute atomic E-state index is 13.4. The van der Waals surface area contributed by atoms with E-state index in [-0.39, 0.29) is 11.3 Å². The Balaban J connectivity index is 1.77. The Labute approximate surface area is 198 Å². The number of nitrogens with zero attached hydrogens (tertiary/aromatic N) is 3. The normalized spacial score (nSPS) is 18.0. The molecule has 4 aromatic rings. The third-order valence-electron chi connectivity index (χ3n) is 6.60. The largest absolute Gasteiger partial charge is 0.507 e. The van der Waals surface area contributed by atoms with Gasteiger partial charge in [0, 0.05) is 48.4 Å². The highest BCUT2D eigenvalue weighted by molar-refractivity contribution is 6.47. The molecule has 0 aliphatic carbocycles. The van der Waals surface area contributed by atoms with Crippen LogP contribution in [0.4, 0.5) is 0 Å². The molecular weight excluding hydrogens is 426 g/mol. The van der Waals surface area contributed by atoms with Crippen LogP contribution in [0.5, 0.6) is 0 Å². The van der Waals surface area contributed by atoms with E-state index in [0.29, 0.717) is 18.7 Å². The number of benzene rings is 3. The van der Waals surface area contributed by atoms with Crippen molar-refractivity contribution in [1.29, 1.82) is 0 Å². The second-order valence-corrected chi connectivity index (χ2v) is 9.03. The molecule has 172 valence electrons. The lowest BCUT2D eigenvalue weighted by Crippen LogP contribution is -2.35. The average Bonchev–Trinajstić information content (AvgIpc) is 3.30. The molecule has 6 heteroatoms. The van der Waals surface area contributed by atoms with E-state index in [1.165, 1.54) is 0 Å². The van der Waals surface area contributed by atoms with Gasteiger partial charge < -0.3 is 19.5 Å². The Morgan fingerprint density at radius 2 is 1.62 bits per heavy atom. The molecule has 1 aliphatic rings. The number of aliphatic hydroxyl groups excluding tert-OH is 1. The number of hydrogen-bond donors (Lipinski definition) is 1. The van der Waals surface area contributed by atoms with Crippen molar-refractivity contribution in [2.45, 2.75) is 6.04 Å². The number of aliphatic hydroxyl groups is 1. The van der Waals surface area contributed by atoms with Gasteiger partial charge in [-0.3, -0.25) is 9.59 Å². The summed E-state index contributed by atoms with van der Waals surface area (Å²) in [5, 5.41) is 14.3. The summed E-state index contributed by atoms with van der Waals surface area (Å²) in [4.78, 5) is 30.2. The molecule has 6 nitrogen and oxygen atoms in total. The smallest absolute Gasteiger partial charge is 0.295 e. The number of ketones is 1. The Morgan fingerprint density at radius 3 is 2.38 bits per heavy atom. The zero-order valence-electron chi connectivity index (χ0n) is 19.5. The lowest BCUT2D eigenvalue weighted by atomic mass is 9.93. The SMILES string of the molecule is CN(C)CCN1C(=O)C(=O)/C(=C(/O)c2cccc3ccccc23)C1c1cn(C)c2ccccc12. The number of Topliss-reactive ketones (excluding diaryl/α,β-unsaturated/α-hetero) is 1. The summed E-state index contributed by atoms with van der Waals surface area (Å²) in [6.45, 7) is 0.973. The molecular formula is C28H27N3O3. The minimum atomic E-state index is -0.676. The van der Waals surface area contributed by atoms with Crippen LogP contribution in [-0.2, 0) is 16.6 Å². The highest BCUT2D eigenvalue weighted by Crippen LogP contribution is 2.43. The van der Waals surface area contributed by atoms with Gasteiger partial charge in [-0.05, 0) is 30.9 Å². The maximum Gasteiger partial charge on any atom is 0.295 e. The number of fused-ring (bicyclic) bond motifs is 2. The minimum absolute atomic E-state index is 0.136. The lowest BCUT2D eigenvalue weighted by Gasteiger charge is -2.26. The molecule has 1 aliphatic heterocycles. The quantitative estimate of drug-likeness (QED) is 0.278. The molecule has 3 aromatic carbocycles. The van der Waals surface area contributed by atoms with Crippen LogP contribution in [0, 0.1) is 0 Å². The van der Waals surface area contributed by atoms with Crippen molar-refractivity contribution in [3.05, 3.63) is 89.6 Å². The second kappa shape index (κ2) is 8.47. The Morgan fingerprint density at radius 1 is 0.941 bits per heavy atom. The van der Waals surface area contributed by atoms with E-state index in [2.05, 4.69) is 0 Å². The molecule has 2 heterocycles. The first-order valence-corrected chi connectivity index (χ1v) is 11.3. The molecule has 0 radical (unpaired) electrons. The third-order valence-corrected chi connectivity index (χ3v) is 6.60. The molecule has 1 aromatic heterocycles. The zero-order chi connectivity index (χ0) is 24.0. The summed E-state index contributed by atoms with van der Waals surface area (Å²) in [7, 11) is 5.81. The Hall–Kier alpha value is -3.90. The molecule has 1 unspecified atom stereocenters. The van der Waals surface area contributed by atoms with Crippen molar-refractivity contribution in [2.75, 3.05) is 27.2 Å². The fourth-order valence-electron chi connectivity index (χ4n) is 4.91. The van der Waals surface area contributed by atoms with Crippen molar-refractivity contribution in [2.24, 2.45) is 7.05 Å². The van der Waals surface area contributed by atoms with Gasteiger partial charge in [0.25, 0.3) is 11.7 Å². The van der Waals surface area contributed by atoms with Gasteiger partial charge >= 0.3 is 0 Å². The highest BCUT2D eigenvalue weighted by Gasteiger charge is 2.47. The van der Waals surface area contributed by atoms with Gasteiger partial charge in [0.05, 0.1) is 11.6 Å². The average molecular weight is 454 g/mol. The maximum atomic E-state index is 13.4. The number of aryl methyl sites for hydroxylation is 1. The summed E-state index contributed by atoms with van der Waals surface area (Å²) in [6, 6.07) is 20.6. The predicted molar refractivity (Wildman–Crippen MR) is 134 cm³/mol. The van der Waals surface area contributed by atoms with Crippen molar-refractivity contribution >= 4 is 39.1 Å². The monoisotopic (exact) mass is 453 g/mol. The standard InChI is InChI=1S/C28H27N3O3/c1-29(2)15-16-31-25(22-17-30(3)23-14-7-6-12-20(22)23)24(27(33)28(31)34)26(32)21-13-8-10-18-9-4-5-11-19(18)21/h4-14,17,25,32H,15-16H2,1-3H3/b26-24+. The van der Waals surface area contributed by atoms with E-state index in [1.807, 2.05) is 97.5 Å². The molecule has 5 rings (SSSR count). The van der Waals surface area contributed by atoms with Gasteiger partial charge in [-0.1, -0.05) is 60.7 Å². The predicted octanol–water partition coefficient (Wildman–Crippen LogP) is 4.31. The fraction of sp³-hybridized carbons (Fsp3) is 0.214. The van der Waals surface area contributed by atoms with Crippen LogP contribution in [0.15, 0.2) is 78.5 Å². The van der Waals surface area contributed by atoms with Gasteiger partial charge in [0.15, 0.2) is 0 Å². The van der Waals surface area contributed by atoms with Crippen LogP contribution in [0.2, 0.25) is 0 Å². The number of likely N-dealkylation sites (N-methyl/N-ethyl adjacent to an activating group) is 1. The number of likely N-dealkylation sites (tertiary alicyclic amines) is 1. The van der Waals surface area contributed by atoms with E-state index in [1.54, 1.807) is 11.0 Å². The number of aromatic nitrogens is 1. The summed E-state index contributed by atoms with van der Waals surface area (Å²) < 4.78 is 1.99. The van der Waals surface area contributed by atoms with Crippen LogP contribution in [0.25, 0.3) is 27.4 Å². The highest BCUT2D eigenvalue weighted by atomic mass is 16.3. The van der Waals surface area contributed by atoms with Gasteiger partial charge in [-0.2, -0.15) is 0 Å². The fourth-order valence-corrected chi connectivity index (χ4v) is 4.91. The van der Waals surface area contributed by atoms with Crippen LogP contribution < -0.4 is 0 Å². The molecule has 0 saturated carbocycles. The van der Waals surface area contributed by atoms with Crippen LogP contribution in [0.3, 0.4) is 0 Å². The molecule has 1 atom stereocenters. The summed E-state index contributed by atoms with van der Waals surface area (Å²) >= 11 is 0. The molecule has 34 heavy (non-hydrogen) atoms. The first-order chi connectivity index (χ1) is 16.4. The van der Waals surface area contributed by atoms with Gasteiger partial charge in [-0.25, -0.2) is 0 Å². The number of rotatable bonds is 5. The number of hydrogen-bond acceptors (Lipinski definition) is 4. The van der Waals surface area contributed by atoms with E-state index >= 15 is 0 Å². The molecule has 1 fully saturated rings. The Bertz CT molecular complexity index is 1460. The van der Waals surface area contributed by atoms with E-state index in [4.69, 9.17) is 0 Å². The zero-order valence-corrected chi connectivity index (χ0v) is 19.5. The molecule has 1 amide bonds. The summed E-state index contributed by atoms with van der Waals surface area (Å²) in [5.41, 5.74) is 2.52. The van der Waals surface area contributed by atoms with Gasteiger partial charge in [-0.15, -0.1) is 0 Å². The topological polar surface area (TPSA) is 65.8 Å². The van der Waals surface area contributed by atoms with Gasteiger partial charge in [0.1, 0.15) is 5.76 Å². The summed E-state index contributed by atoms with van der Waals surface area (Å²) in [5.74, 6) is -1.37.